The number of hydrogen-bond donors (Lipinski definition) is 0. The van der Waals surface area contributed by atoms with Gasteiger partial charge in [-0.25, -0.2) is 0 Å². The molecule has 2 heterocycles. The number of amides is 1. The molecular weight excluding hydrogens is 206 g/mol. The average Bonchev–Trinajstić information content (AvgIpc) is 2.82. The van der Waals surface area contributed by atoms with Crippen molar-refractivity contribution < 1.29 is 4.79 Å². The van der Waals surface area contributed by atoms with Crippen molar-refractivity contribution in [2.45, 2.75) is 31.1 Å². The van der Waals surface area contributed by atoms with Gasteiger partial charge in [-0.1, -0.05) is 12.8 Å². The van der Waals surface area contributed by atoms with Gasteiger partial charge in [0.25, 0.3) is 5.91 Å². The second-order valence-electron chi connectivity index (χ2n) is 4.81. The van der Waals surface area contributed by atoms with Gasteiger partial charge in [-0.3, -0.25) is 4.79 Å². The molecule has 2 aliphatic rings. The van der Waals surface area contributed by atoms with Gasteiger partial charge in [-0.2, -0.15) is 0 Å². The van der Waals surface area contributed by atoms with Crippen LogP contribution in [0.4, 0.5) is 0 Å². The summed E-state index contributed by atoms with van der Waals surface area (Å²) in [5.74, 6) is 0.212. The number of hydrogen-bond acceptors (Lipinski definition) is 2. The smallest absolute Gasteiger partial charge is 0.254 e. The average molecular weight is 221 g/mol. The third-order valence-corrected chi connectivity index (χ3v) is 4.99. The quantitative estimate of drug-likeness (QED) is 0.659. The molecule has 0 N–H and O–H groups in total. The van der Waals surface area contributed by atoms with E-state index in [0.717, 1.165) is 12.1 Å². The van der Waals surface area contributed by atoms with E-state index in [1.54, 1.807) is 11.3 Å². The highest BCUT2D eigenvalue weighted by atomic mass is 32.1. The molecule has 3 rings (SSSR count). The Morgan fingerprint density at radius 3 is 2.87 bits per heavy atom. The van der Waals surface area contributed by atoms with Gasteiger partial charge < -0.3 is 4.90 Å². The number of carbonyl (C=O) groups is 1. The largest absolute Gasteiger partial charge is 0.341 e. The SMILES string of the molecule is CN1CC2(CCCC2)c2sccc2C1=O. The molecule has 80 valence electrons. The summed E-state index contributed by atoms with van der Waals surface area (Å²) in [6.45, 7) is 0.930. The van der Waals surface area contributed by atoms with Crippen LogP contribution in [-0.4, -0.2) is 24.4 Å². The first kappa shape index (κ1) is 9.40. The standard InChI is InChI=1S/C12H15NOS/c1-13-8-12(5-2-3-6-12)10-9(11(13)14)4-7-15-10/h4,7H,2-3,5-6,8H2,1H3. The van der Waals surface area contributed by atoms with Gasteiger partial charge in [0.2, 0.25) is 0 Å². The number of fused-ring (bicyclic) bond motifs is 2. The molecule has 1 fully saturated rings. The number of thiophene rings is 1. The fraction of sp³-hybridized carbons (Fsp3) is 0.583. The van der Waals surface area contributed by atoms with Crippen molar-refractivity contribution in [2.24, 2.45) is 0 Å². The van der Waals surface area contributed by atoms with Crippen LogP contribution in [0.25, 0.3) is 0 Å². The maximum atomic E-state index is 12.0. The molecule has 0 atom stereocenters. The monoisotopic (exact) mass is 221 g/mol. The maximum absolute atomic E-state index is 12.0. The van der Waals surface area contributed by atoms with Crippen LogP contribution in [0, 0.1) is 0 Å². The number of likely N-dealkylation sites (N-methyl/N-ethyl adjacent to an activating group) is 1. The molecule has 0 bridgehead atoms. The summed E-state index contributed by atoms with van der Waals surface area (Å²) in [7, 11) is 1.93. The van der Waals surface area contributed by atoms with Crippen LogP contribution in [0.15, 0.2) is 11.4 Å². The van der Waals surface area contributed by atoms with Gasteiger partial charge in [-0.15, -0.1) is 11.3 Å². The minimum absolute atomic E-state index is 0.212. The van der Waals surface area contributed by atoms with Crippen LogP contribution in [0.2, 0.25) is 0 Å². The third kappa shape index (κ3) is 1.19. The Morgan fingerprint density at radius 2 is 2.13 bits per heavy atom. The molecule has 0 saturated heterocycles. The number of rotatable bonds is 0. The second-order valence-corrected chi connectivity index (χ2v) is 5.73. The molecule has 1 aromatic heterocycles. The van der Waals surface area contributed by atoms with Crippen molar-refractivity contribution in [3.8, 4) is 0 Å². The summed E-state index contributed by atoms with van der Waals surface area (Å²) in [6.07, 6.45) is 5.16. The Labute approximate surface area is 93.9 Å². The minimum atomic E-state index is 0.212. The molecule has 1 amide bonds. The van der Waals surface area contributed by atoms with E-state index in [2.05, 4.69) is 5.38 Å². The maximum Gasteiger partial charge on any atom is 0.254 e. The van der Waals surface area contributed by atoms with E-state index in [-0.39, 0.29) is 5.91 Å². The molecule has 0 aromatic carbocycles. The van der Waals surface area contributed by atoms with Crippen molar-refractivity contribution >= 4 is 17.2 Å². The molecule has 1 aliphatic heterocycles. The lowest BCUT2D eigenvalue weighted by atomic mass is 9.79. The van der Waals surface area contributed by atoms with Crippen LogP contribution in [0.1, 0.15) is 40.9 Å². The topological polar surface area (TPSA) is 20.3 Å². The van der Waals surface area contributed by atoms with E-state index in [9.17, 15) is 4.79 Å². The van der Waals surface area contributed by atoms with Gasteiger partial charge >= 0.3 is 0 Å². The molecule has 0 radical (unpaired) electrons. The molecule has 0 unspecified atom stereocenters. The lowest BCUT2D eigenvalue weighted by Gasteiger charge is -2.38. The highest BCUT2D eigenvalue weighted by molar-refractivity contribution is 7.10. The predicted octanol–water partition coefficient (Wildman–Crippen LogP) is 2.65. The van der Waals surface area contributed by atoms with Crippen molar-refractivity contribution in [3.05, 3.63) is 21.9 Å². The lowest BCUT2D eigenvalue weighted by molar-refractivity contribution is 0.0728. The fourth-order valence-corrected chi connectivity index (χ4v) is 4.27. The van der Waals surface area contributed by atoms with Crippen molar-refractivity contribution in [1.29, 1.82) is 0 Å². The first-order valence-corrected chi connectivity index (χ1v) is 6.44. The van der Waals surface area contributed by atoms with E-state index < -0.39 is 0 Å². The van der Waals surface area contributed by atoms with Gasteiger partial charge in [-0.05, 0) is 24.3 Å². The number of carbonyl (C=O) groups excluding carboxylic acids is 1. The molecule has 15 heavy (non-hydrogen) atoms. The van der Waals surface area contributed by atoms with Gasteiger partial charge in [0, 0.05) is 23.9 Å². The van der Waals surface area contributed by atoms with Crippen LogP contribution >= 0.6 is 11.3 Å². The van der Waals surface area contributed by atoms with Crippen LogP contribution in [-0.2, 0) is 5.41 Å². The summed E-state index contributed by atoms with van der Waals surface area (Å²) in [5, 5.41) is 2.07. The molecule has 3 heteroatoms. The van der Waals surface area contributed by atoms with E-state index in [0.29, 0.717) is 5.41 Å². The summed E-state index contributed by atoms with van der Waals surface area (Å²) < 4.78 is 0. The molecular formula is C12H15NOS. The Morgan fingerprint density at radius 1 is 1.40 bits per heavy atom. The Bertz CT molecular complexity index is 404. The third-order valence-electron chi connectivity index (χ3n) is 3.82. The summed E-state index contributed by atoms with van der Waals surface area (Å²) >= 11 is 1.78. The summed E-state index contributed by atoms with van der Waals surface area (Å²) in [6, 6.07) is 2.00. The Kier molecular flexibility index (Phi) is 1.93. The number of nitrogens with zero attached hydrogens (tertiary/aromatic N) is 1. The van der Waals surface area contributed by atoms with Crippen molar-refractivity contribution in [3.63, 3.8) is 0 Å². The van der Waals surface area contributed by atoms with Crippen molar-refractivity contribution in [2.75, 3.05) is 13.6 Å². The van der Waals surface area contributed by atoms with Crippen LogP contribution in [0.5, 0.6) is 0 Å². The molecule has 1 spiro atoms. The van der Waals surface area contributed by atoms with E-state index >= 15 is 0 Å². The van der Waals surface area contributed by atoms with Crippen molar-refractivity contribution in [1.82, 2.24) is 4.90 Å². The zero-order valence-corrected chi connectivity index (χ0v) is 9.77. The zero-order valence-electron chi connectivity index (χ0n) is 8.95. The summed E-state index contributed by atoms with van der Waals surface area (Å²) in [4.78, 5) is 15.2. The second kappa shape index (κ2) is 3.08. The van der Waals surface area contributed by atoms with E-state index in [4.69, 9.17) is 0 Å². The molecule has 1 aromatic rings. The van der Waals surface area contributed by atoms with E-state index in [1.165, 1.54) is 30.6 Å². The Balaban J connectivity index is 2.14. The first-order valence-electron chi connectivity index (χ1n) is 5.56. The fourth-order valence-electron chi connectivity index (χ4n) is 3.13. The highest BCUT2D eigenvalue weighted by Gasteiger charge is 2.44. The highest BCUT2D eigenvalue weighted by Crippen LogP contribution is 2.47. The lowest BCUT2D eigenvalue weighted by Crippen LogP contribution is -2.45. The summed E-state index contributed by atoms with van der Waals surface area (Å²) in [5.41, 5.74) is 1.28. The van der Waals surface area contributed by atoms with Gasteiger partial charge in [0.15, 0.2) is 0 Å². The van der Waals surface area contributed by atoms with Crippen LogP contribution < -0.4 is 0 Å². The van der Waals surface area contributed by atoms with Gasteiger partial charge in [0.1, 0.15) is 0 Å². The first-order chi connectivity index (χ1) is 7.23. The Hall–Kier alpha value is -0.830. The van der Waals surface area contributed by atoms with Crippen LogP contribution in [0.3, 0.4) is 0 Å². The normalized spacial score (nSPS) is 23.5. The zero-order chi connectivity index (χ0) is 10.5. The molecule has 1 aliphatic carbocycles. The molecule has 1 saturated carbocycles. The minimum Gasteiger partial charge on any atom is -0.341 e. The molecule has 2 nitrogen and oxygen atoms in total. The van der Waals surface area contributed by atoms with Gasteiger partial charge in [0.05, 0.1) is 5.56 Å². The van der Waals surface area contributed by atoms with E-state index in [1.807, 2.05) is 18.0 Å². The predicted molar refractivity (Wildman–Crippen MR) is 61.4 cm³/mol.